The number of hydrogen-bond donors (Lipinski definition) is 1. The highest BCUT2D eigenvalue weighted by atomic mass is 19.4. The Morgan fingerprint density at radius 1 is 1.27 bits per heavy atom. The lowest BCUT2D eigenvalue weighted by molar-refractivity contribution is -0.137. The van der Waals surface area contributed by atoms with Gasteiger partial charge >= 0.3 is 6.18 Å². The van der Waals surface area contributed by atoms with Crippen LogP contribution < -0.4 is 5.73 Å². The van der Waals surface area contributed by atoms with Gasteiger partial charge in [-0.3, -0.25) is 14.4 Å². The van der Waals surface area contributed by atoms with E-state index in [4.69, 9.17) is 5.73 Å². The van der Waals surface area contributed by atoms with E-state index in [2.05, 4.69) is 10.3 Å². The first-order valence-electron chi connectivity index (χ1n) is 7.96. The first-order valence-corrected chi connectivity index (χ1v) is 7.96. The van der Waals surface area contributed by atoms with E-state index < -0.39 is 23.8 Å². The van der Waals surface area contributed by atoms with Crippen LogP contribution in [0.1, 0.15) is 28.0 Å². The van der Waals surface area contributed by atoms with Gasteiger partial charge in [-0.05, 0) is 24.1 Å². The van der Waals surface area contributed by atoms with Crippen LogP contribution in [0.15, 0.2) is 30.5 Å². The van der Waals surface area contributed by atoms with Gasteiger partial charge in [0.1, 0.15) is 6.17 Å². The summed E-state index contributed by atoms with van der Waals surface area (Å²) in [4.78, 5) is 12.9. The molecule has 1 amide bonds. The molecule has 1 aromatic carbocycles. The molecule has 10 heteroatoms. The van der Waals surface area contributed by atoms with Crippen molar-refractivity contribution in [1.82, 2.24) is 19.9 Å². The van der Waals surface area contributed by atoms with Crippen molar-refractivity contribution in [3.8, 4) is 0 Å². The summed E-state index contributed by atoms with van der Waals surface area (Å²) in [5, 5.41) is 7.44. The summed E-state index contributed by atoms with van der Waals surface area (Å²) in [6.07, 6.45) is -3.76. The molecule has 2 aromatic rings. The Labute approximate surface area is 146 Å². The minimum absolute atomic E-state index is 0.0223. The van der Waals surface area contributed by atoms with Crippen molar-refractivity contribution in [3.63, 3.8) is 0 Å². The highest BCUT2D eigenvalue weighted by Crippen LogP contribution is 2.30. The molecule has 26 heavy (non-hydrogen) atoms. The highest BCUT2D eigenvalue weighted by molar-refractivity contribution is 5.90. The molecule has 1 saturated heterocycles. The van der Waals surface area contributed by atoms with E-state index in [9.17, 15) is 22.4 Å². The van der Waals surface area contributed by atoms with Crippen LogP contribution in [0.4, 0.5) is 17.6 Å². The molecule has 3 rings (SSSR count). The maximum absolute atomic E-state index is 13.9. The maximum atomic E-state index is 13.9. The second kappa shape index (κ2) is 7.02. The van der Waals surface area contributed by atoms with Gasteiger partial charge in [-0.2, -0.15) is 13.2 Å². The van der Waals surface area contributed by atoms with Gasteiger partial charge in [0.05, 0.1) is 18.3 Å². The molecule has 0 radical (unpaired) electrons. The van der Waals surface area contributed by atoms with E-state index in [0.29, 0.717) is 18.7 Å². The maximum Gasteiger partial charge on any atom is 0.416 e. The zero-order valence-corrected chi connectivity index (χ0v) is 13.7. The molecule has 6 nitrogen and oxygen atoms in total. The minimum Gasteiger partial charge on any atom is -0.364 e. The number of carbonyl (C=O) groups is 1. The third kappa shape index (κ3) is 4.18. The zero-order chi connectivity index (χ0) is 18.9. The van der Waals surface area contributed by atoms with Gasteiger partial charge < -0.3 is 5.73 Å². The smallest absolute Gasteiger partial charge is 0.364 e. The molecule has 0 unspecified atom stereocenters. The number of hydrogen-bond acceptors (Lipinski definition) is 4. The predicted molar refractivity (Wildman–Crippen MR) is 83.7 cm³/mol. The number of carbonyl (C=O) groups excluding carboxylic acids is 1. The molecule has 0 bridgehead atoms. The third-order valence-electron chi connectivity index (χ3n) is 4.33. The summed E-state index contributed by atoms with van der Waals surface area (Å²) in [5.41, 5.74) is 5.09. The fraction of sp³-hybridized carbons (Fsp3) is 0.438. The number of rotatable bonds is 5. The molecule has 1 aliphatic rings. The number of aromatic nitrogens is 3. The third-order valence-corrected chi connectivity index (χ3v) is 4.33. The number of alkyl halides is 4. The Morgan fingerprint density at radius 2 is 1.96 bits per heavy atom. The second-order valence-corrected chi connectivity index (χ2v) is 6.30. The van der Waals surface area contributed by atoms with Crippen LogP contribution >= 0.6 is 0 Å². The van der Waals surface area contributed by atoms with Gasteiger partial charge in [0, 0.05) is 19.1 Å². The molecule has 1 aliphatic heterocycles. The van der Waals surface area contributed by atoms with Crippen LogP contribution in [0, 0.1) is 0 Å². The van der Waals surface area contributed by atoms with E-state index in [0.717, 1.165) is 12.1 Å². The molecular formula is C16H17F4N5O. The van der Waals surface area contributed by atoms with E-state index in [1.165, 1.54) is 23.0 Å². The van der Waals surface area contributed by atoms with E-state index in [-0.39, 0.29) is 24.7 Å². The topological polar surface area (TPSA) is 77.0 Å². The molecule has 0 aliphatic carbocycles. The largest absolute Gasteiger partial charge is 0.416 e. The van der Waals surface area contributed by atoms with Crippen molar-refractivity contribution < 1.29 is 22.4 Å². The Hall–Kier alpha value is -2.49. The molecular weight excluding hydrogens is 354 g/mol. The number of amides is 1. The van der Waals surface area contributed by atoms with Crippen molar-refractivity contribution in [2.75, 3.05) is 6.54 Å². The molecule has 140 valence electrons. The van der Waals surface area contributed by atoms with Gasteiger partial charge in [-0.1, -0.05) is 17.3 Å². The number of halogens is 4. The van der Waals surface area contributed by atoms with Gasteiger partial charge in [-0.25, -0.2) is 4.39 Å². The Balaban J connectivity index is 1.68. The Morgan fingerprint density at radius 3 is 2.54 bits per heavy atom. The summed E-state index contributed by atoms with van der Waals surface area (Å²) in [5.74, 6) is -0.701. The zero-order valence-electron chi connectivity index (χ0n) is 13.7. The van der Waals surface area contributed by atoms with E-state index in [1.807, 2.05) is 4.90 Å². The summed E-state index contributed by atoms with van der Waals surface area (Å²) in [7, 11) is 0. The number of nitrogens with two attached hydrogens (primary N) is 1. The molecule has 0 saturated carbocycles. The highest BCUT2D eigenvalue weighted by Gasteiger charge is 2.33. The van der Waals surface area contributed by atoms with Gasteiger partial charge in [-0.15, -0.1) is 5.10 Å². The second-order valence-electron chi connectivity index (χ2n) is 6.30. The van der Waals surface area contributed by atoms with Crippen LogP contribution in [-0.2, 0) is 19.3 Å². The van der Waals surface area contributed by atoms with Crippen molar-refractivity contribution in [1.29, 1.82) is 0 Å². The molecule has 0 spiro atoms. The number of likely N-dealkylation sites (tertiary alicyclic amines) is 1. The fourth-order valence-electron chi connectivity index (χ4n) is 3.06. The Bertz CT molecular complexity index is 774. The predicted octanol–water partition coefficient (Wildman–Crippen LogP) is 2.01. The summed E-state index contributed by atoms with van der Waals surface area (Å²) < 4.78 is 53.2. The standard InChI is InChI=1S/C16H17F4N5O/c17-12-5-13(8-25-9-14(15(21)26)22-23-25)24(7-12)6-10-1-3-11(4-2-10)16(18,19)20/h1-4,9,12-13H,5-8H2,(H2,21,26)/t12-,13-/m0/s1. The summed E-state index contributed by atoms with van der Waals surface area (Å²) in [6, 6.07) is 4.61. The lowest BCUT2D eigenvalue weighted by Crippen LogP contribution is -2.32. The van der Waals surface area contributed by atoms with Crippen molar-refractivity contribution >= 4 is 5.91 Å². The van der Waals surface area contributed by atoms with E-state index >= 15 is 0 Å². The minimum atomic E-state index is -4.38. The van der Waals surface area contributed by atoms with E-state index in [1.54, 1.807) is 0 Å². The van der Waals surface area contributed by atoms with Crippen LogP contribution in [0.3, 0.4) is 0 Å². The lowest BCUT2D eigenvalue weighted by atomic mass is 10.1. The number of primary amides is 1. The van der Waals surface area contributed by atoms with Gasteiger partial charge in [0.25, 0.3) is 5.91 Å². The van der Waals surface area contributed by atoms with Gasteiger partial charge in [0.15, 0.2) is 5.69 Å². The number of benzene rings is 1. The molecule has 2 heterocycles. The monoisotopic (exact) mass is 371 g/mol. The molecule has 1 fully saturated rings. The average Bonchev–Trinajstić information content (AvgIpc) is 3.15. The SMILES string of the molecule is NC(=O)c1cn(C[C@@H]2C[C@H](F)CN2Cc2ccc(C(F)(F)F)cc2)nn1. The first-order chi connectivity index (χ1) is 12.2. The fourth-order valence-corrected chi connectivity index (χ4v) is 3.06. The number of nitrogens with zero attached hydrogens (tertiary/aromatic N) is 4. The van der Waals surface area contributed by atoms with Crippen molar-refractivity contribution in [2.45, 2.75) is 37.9 Å². The molecule has 2 N–H and O–H groups in total. The van der Waals surface area contributed by atoms with Crippen LogP contribution in [0.5, 0.6) is 0 Å². The summed E-state index contributed by atoms with van der Waals surface area (Å²) in [6.45, 7) is 0.811. The van der Waals surface area contributed by atoms with Crippen molar-refractivity contribution in [3.05, 3.63) is 47.3 Å². The van der Waals surface area contributed by atoms with Gasteiger partial charge in [0.2, 0.25) is 0 Å². The average molecular weight is 371 g/mol. The summed E-state index contributed by atoms with van der Waals surface area (Å²) >= 11 is 0. The van der Waals surface area contributed by atoms with Crippen molar-refractivity contribution in [2.24, 2.45) is 5.73 Å². The first kappa shape index (κ1) is 18.3. The normalized spacial score (nSPS) is 21.2. The van der Waals surface area contributed by atoms with Crippen LogP contribution in [0.25, 0.3) is 0 Å². The van der Waals surface area contributed by atoms with Crippen LogP contribution in [-0.4, -0.2) is 44.6 Å². The molecule has 2 atom stereocenters. The Kier molecular flexibility index (Phi) is 4.94. The lowest BCUT2D eigenvalue weighted by Gasteiger charge is -2.24. The quantitative estimate of drug-likeness (QED) is 0.816. The van der Waals surface area contributed by atoms with Crippen LogP contribution in [0.2, 0.25) is 0 Å². The molecule has 1 aromatic heterocycles.